The zero-order valence-electron chi connectivity index (χ0n) is 11.6. The van der Waals surface area contributed by atoms with Gasteiger partial charge in [-0.15, -0.1) is 0 Å². The van der Waals surface area contributed by atoms with E-state index in [9.17, 15) is 14.5 Å². The van der Waals surface area contributed by atoms with Crippen LogP contribution in [0.25, 0.3) is 0 Å². The number of hydrogen-bond donors (Lipinski definition) is 1. The normalized spacial score (nSPS) is 21.6. The average Bonchev–Trinajstić information content (AvgIpc) is 2.41. The van der Waals surface area contributed by atoms with E-state index in [-0.39, 0.29) is 6.04 Å². The summed E-state index contributed by atoms with van der Waals surface area (Å²) >= 11 is 0. The lowest BCUT2D eigenvalue weighted by Gasteiger charge is -2.34. The third kappa shape index (κ3) is 3.32. The van der Waals surface area contributed by atoms with Crippen molar-refractivity contribution in [3.05, 3.63) is 39.7 Å². The number of piperidine rings is 1. The molecule has 1 aliphatic rings. The van der Waals surface area contributed by atoms with Crippen LogP contribution in [0, 0.1) is 21.8 Å². The Hall–Kier alpha value is -1.53. The minimum Gasteiger partial charge on any atom is -0.328 e. The summed E-state index contributed by atoms with van der Waals surface area (Å²) in [7, 11) is 0. The lowest BCUT2D eigenvalue weighted by molar-refractivity contribution is -0.387. The Morgan fingerprint density at radius 3 is 3.00 bits per heavy atom. The molecule has 1 aromatic carbocycles. The Morgan fingerprint density at radius 2 is 2.35 bits per heavy atom. The summed E-state index contributed by atoms with van der Waals surface area (Å²) in [5, 5.41) is 10.7. The molecular weight excluding hydrogens is 261 g/mol. The maximum absolute atomic E-state index is 14.0. The summed E-state index contributed by atoms with van der Waals surface area (Å²) in [4.78, 5) is 12.2. The van der Waals surface area contributed by atoms with Gasteiger partial charge in [-0.3, -0.25) is 15.0 Å². The zero-order valence-corrected chi connectivity index (χ0v) is 11.6. The molecule has 0 amide bonds. The van der Waals surface area contributed by atoms with Gasteiger partial charge < -0.3 is 5.73 Å². The van der Waals surface area contributed by atoms with Crippen molar-refractivity contribution in [3.8, 4) is 0 Å². The smallest absolute Gasteiger partial charge is 0.305 e. The number of nitrogens with two attached hydrogens (primary N) is 1. The maximum Gasteiger partial charge on any atom is 0.305 e. The van der Waals surface area contributed by atoms with E-state index in [1.807, 2.05) is 6.92 Å². The predicted molar refractivity (Wildman–Crippen MR) is 74.7 cm³/mol. The third-order valence-corrected chi connectivity index (χ3v) is 3.93. The number of nitro benzene ring substituents is 1. The Bertz CT molecular complexity index is 493. The van der Waals surface area contributed by atoms with E-state index in [0.717, 1.165) is 25.9 Å². The standard InChI is InChI=1S/C14H20FN3O2/c1-10(16)11-5-3-7-17(8-11)9-12-4-2-6-13(14(12)15)18(19)20/h2,4,6,10-11H,3,5,7-9,16H2,1H3. The number of nitro groups is 1. The Labute approximate surface area is 117 Å². The van der Waals surface area contributed by atoms with Crippen molar-refractivity contribution in [1.82, 2.24) is 4.90 Å². The molecule has 1 fully saturated rings. The van der Waals surface area contributed by atoms with E-state index < -0.39 is 16.4 Å². The van der Waals surface area contributed by atoms with Crippen molar-refractivity contribution in [2.75, 3.05) is 13.1 Å². The first-order valence-corrected chi connectivity index (χ1v) is 6.88. The number of rotatable bonds is 4. The van der Waals surface area contributed by atoms with Crippen LogP contribution >= 0.6 is 0 Å². The van der Waals surface area contributed by atoms with E-state index in [0.29, 0.717) is 18.0 Å². The van der Waals surface area contributed by atoms with Crippen LogP contribution in [-0.4, -0.2) is 29.0 Å². The highest BCUT2D eigenvalue weighted by molar-refractivity contribution is 5.36. The van der Waals surface area contributed by atoms with E-state index in [1.165, 1.54) is 12.1 Å². The predicted octanol–water partition coefficient (Wildman–Crippen LogP) is 2.29. The van der Waals surface area contributed by atoms with E-state index in [1.54, 1.807) is 6.07 Å². The highest BCUT2D eigenvalue weighted by atomic mass is 19.1. The fourth-order valence-electron chi connectivity index (χ4n) is 2.73. The van der Waals surface area contributed by atoms with Crippen molar-refractivity contribution in [2.45, 2.75) is 32.4 Å². The van der Waals surface area contributed by atoms with Gasteiger partial charge in [0, 0.05) is 30.8 Å². The molecule has 2 rings (SSSR count). The molecular formula is C14H20FN3O2. The van der Waals surface area contributed by atoms with Gasteiger partial charge in [0.15, 0.2) is 0 Å². The second kappa shape index (κ2) is 6.28. The van der Waals surface area contributed by atoms with Crippen molar-refractivity contribution < 1.29 is 9.31 Å². The molecule has 20 heavy (non-hydrogen) atoms. The summed E-state index contributed by atoms with van der Waals surface area (Å²) in [5.74, 6) is -0.314. The molecule has 2 N–H and O–H groups in total. The van der Waals surface area contributed by atoms with Crippen LogP contribution in [0.15, 0.2) is 18.2 Å². The van der Waals surface area contributed by atoms with Crippen LogP contribution in [0.4, 0.5) is 10.1 Å². The van der Waals surface area contributed by atoms with Gasteiger partial charge in [-0.25, -0.2) is 0 Å². The number of likely N-dealkylation sites (tertiary alicyclic amines) is 1. The van der Waals surface area contributed by atoms with Crippen molar-refractivity contribution in [3.63, 3.8) is 0 Å². The average molecular weight is 281 g/mol. The molecule has 0 bridgehead atoms. The lowest BCUT2D eigenvalue weighted by Crippen LogP contribution is -2.42. The number of benzene rings is 1. The molecule has 5 nitrogen and oxygen atoms in total. The molecule has 0 aliphatic carbocycles. The largest absolute Gasteiger partial charge is 0.328 e. The van der Waals surface area contributed by atoms with Crippen LogP contribution in [0.3, 0.4) is 0 Å². The maximum atomic E-state index is 14.0. The van der Waals surface area contributed by atoms with Crippen molar-refractivity contribution in [1.29, 1.82) is 0 Å². The molecule has 0 radical (unpaired) electrons. The molecule has 1 aromatic rings. The first kappa shape index (κ1) is 14.9. The molecule has 1 aliphatic heterocycles. The van der Waals surface area contributed by atoms with Gasteiger partial charge in [0.05, 0.1) is 4.92 Å². The molecule has 6 heteroatoms. The summed E-state index contributed by atoms with van der Waals surface area (Å²) in [5.41, 5.74) is 5.85. The van der Waals surface area contributed by atoms with Gasteiger partial charge in [-0.2, -0.15) is 4.39 Å². The van der Waals surface area contributed by atoms with Crippen LogP contribution < -0.4 is 5.73 Å². The highest BCUT2D eigenvalue weighted by Gasteiger charge is 2.24. The summed E-state index contributed by atoms with van der Waals surface area (Å²) < 4.78 is 14.0. The van der Waals surface area contributed by atoms with Gasteiger partial charge in [0.2, 0.25) is 5.82 Å². The van der Waals surface area contributed by atoms with Gasteiger partial charge in [0.25, 0.3) is 0 Å². The van der Waals surface area contributed by atoms with Crippen LogP contribution in [0.1, 0.15) is 25.3 Å². The summed E-state index contributed by atoms with van der Waals surface area (Å²) in [6.45, 7) is 4.09. The van der Waals surface area contributed by atoms with Gasteiger partial charge in [0.1, 0.15) is 0 Å². The van der Waals surface area contributed by atoms with Crippen molar-refractivity contribution in [2.24, 2.45) is 11.7 Å². The second-order valence-corrected chi connectivity index (χ2v) is 5.50. The molecule has 2 atom stereocenters. The lowest BCUT2D eigenvalue weighted by atomic mass is 9.92. The van der Waals surface area contributed by atoms with Crippen LogP contribution in [0.5, 0.6) is 0 Å². The van der Waals surface area contributed by atoms with Crippen molar-refractivity contribution >= 4 is 5.69 Å². The SMILES string of the molecule is CC(N)C1CCCN(Cc2cccc([N+](=O)[O-])c2F)C1. The molecule has 110 valence electrons. The second-order valence-electron chi connectivity index (χ2n) is 5.50. The minimum atomic E-state index is -0.722. The Morgan fingerprint density at radius 1 is 1.60 bits per heavy atom. The molecule has 1 saturated heterocycles. The minimum absolute atomic E-state index is 0.118. The first-order chi connectivity index (χ1) is 9.49. The first-order valence-electron chi connectivity index (χ1n) is 6.88. The molecule has 0 spiro atoms. The van der Waals surface area contributed by atoms with E-state index in [4.69, 9.17) is 5.73 Å². The summed E-state index contributed by atoms with van der Waals surface area (Å²) in [6, 6.07) is 4.45. The number of halogens is 1. The van der Waals surface area contributed by atoms with E-state index >= 15 is 0 Å². The van der Waals surface area contributed by atoms with Crippen LogP contribution in [-0.2, 0) is 6.54 Å². The van der Waals surface area contributed by atoms with Gasteiger partial charge in [-0.05, 0) is 32.2 Å². The summed E-state index contributed by atoms with van der Waals surface area (Å²) in [6.07, 6.45) is 2.12. The highest BCUT2D eigenvalue weighted by Crippen LogP contribution is 2.24. The molecule has 0 aromatic heterocycles. The third-order valence-electron chi connectivity index (χ3n) is 3.93. The molecule has 1 heterocycles. The fraction of sp³-hybridized carbons (Fsp3) is 0.571. The number of nitrogens with zero attached hydrogens (tertiary/aromatic N) is 2. The quantitative estimate of drug-likeness (QED) is 0.679. The van der Waals surface area contributed by atoms with Crippen LogP contribution in [0.2, 0.25) is 0 Å². The Kier molecular flexibility index (Phi) is 4.67. The topological polar surface area (TPSA) is 72.4 Å². The van der Waals surface area contributed by atoms with Gasteiger partial charge >= 0.3 is 5.69 Å². The number of hydrogen-bond acceptors (Lipinski definition) is 4. The monoisotopic (exact) mass is 281 g/mol. The molecule has 0 saturated carbocycles. The zero-order chi connectivity index (χ0) is 14.7. The fourth-order valence-corrected chi connectivity index (χ4v) is 2.73. The van der Waals surface area contributed by atoms with E-state index in [2.05, 4.69) is 4.90 Å². The van der Waals surface area contributed by atoms with Gasteiger partial charge in [-0.1, -0.05) is 12.1 Å². The molecule has 2 unspecified atom stereocenters. The Balaban J connectivity index is 2.10.